The minimum absolute atomic E-state index is 0.159. The molecule has 1 aliphatic carbocycles. The molecule has 0 atom stereocenters. The summed E-state index contributed by atoms with van der Waals surface area (Å²) in [6.45, 7) is 0. The third kappa shape index (κ3) is 2.71. The van der Waals surface area contributed by atoms with Crippen LogP contribution in [0.3, 0.4) is 0 Å². The van der Waals surface area contributed by atoms with Crippen LogP contribution in [0, 0.1) is 15.9 Å². The van der Waals surface area contributed by atoms with E-state index in [2.05, 4.69) is 15.5 Å². The van der Waals surface area contributed by atoms with E-state index in [0.717, 1.165) is 31.0 Å². The van der Waals surface area contributed by atoms with Crippen molar-refractivity contribution in [3.63, 3.8) is 0 Å². The Morgan fingerprint density at radius 1 is 1.43 bits per heavy atom. The number of halogens is 1. The summed E-state index contributed by atoms with van der Waals surface area (Å²) in [6.07, 6.45) is 1.91. The normalized spacial score (nSPS) is 14.0. The number of nitro benzene ring substituents is 1. The summed E-state index contributed by atoms with van der Waals surface area (Å²) >= 11 is 0. The molecular formula is C12H9FN4O4. The number of benzene rings is 1. The molecule has 2 aromatic rings. The molecule has 8 nitrogen and oxygen atoms in total. The van der Waals surface area contributed by atoms with Crippen LogP contribution in [0.2, 0.25) is 0 Å². The Balaban J connectivity index is 1.80. The van der Waals surface area contributed by atoms with E-state index in [1.54, 1.807) is 0 Å². The Hall–Kier alpha value is -2.84. The van der Waals surface area contributed by atoms with Crippen molar-refractivity contribution in [2.75, 3.05) is 5.32 Å². The Bertz CT molecular complexity index is 726. The zero-order valence-electron chi connectivity index (χ0n) is 10.6. The minimum Gasteiger partial charge on any atom is -0.408 e. The molecule has 3 rings (SSSR count). The fourth-order valence-electron chi connectivity index (χ4n) is 1.75. The maximum absolute atomic E-state index is 13.6. The maximum atomic E-state index is 13.6. The van der Waals surface area contributed by atoms with Crippen molar-refractivity contribution in [2.24, 2.45) is 0 Å². The standard InChI is InChI=1S/C12H9FN4O4/c13-9-4-3-7(17(19)20)5-8(9)10(18)14-12-16-15-11(21-12)6-1-2-6/h3-6H,1-2H2,(H,14,16,18). The van der Waals surface area contributed by atoms with Crippen molar-refractivity contribution in [3.8, 4) is 0 Å². The number of carbonyl (C=O) groups is 1. The van der Waals surface area contributed by atoms with Crippen LogP contribution in [0.5, 0.6) is 0 Å². The van der Waals surface area contributed by atoms with Gasteiger partial charge in [0.2, 0.25) is 5.89 Å². The van der Waals surface area contributed by atoms with Crippen LogP contribution in [0.25, 0.3) is 0 Å². The quantitative estimate of drug-likeness (QED) is 0.683. The second kappa shape index (κ2) is 4.93. The number of aromatic nitrogens is 2. The van der Waals surface area contributed by atoms with Gasteiger partial charge in [-0.1, -0.05) is 5.10 Å². The molecule has 0 radical (unpaired) electrons. The molecule has 1 aromatic carbocycles. The zero-order valence-corrected chi connectivity index (χ0v) is 10.6. The number of carbonyl (C=O) groups excluding carboxylic acids is 1. The lowest BCUT2D eigenvalue weighted by molar-refractivity contribution is -0.384. The Morgan fingerprint density at radius 3 is 2.86 bits per heavy atom. The van der Waals surface area contributed by atoms with Gasteiger partial charge in [-0.2, -0.15) is 0 Å². The first-order chi connectivity index (χ1) is 10.0. The molecule has 0 saturated heterocycles. The largest absolute Gasteiger partial charge is 0.408 e. The van der Waals surface area contributed by atoms with Crippen LogP contribution in [-0.2, 0) is 0 Å². The fourth-order valence-corrected chi connectivity index (χ4v) is 1.75. The number of anilines is 1. The van der Waals surface area contributed by atoms with Gasteiger partial charge in [0.1, 0.15) is 5.82 Å². The molecule has 1 fully saturated rings. The molecule has 0 aliphatic heterocycles. The van der Waals surface area contributed by atoms with Crippen molar-refractivity contribution in [2.45, 2.75) is 18.8 Å². The monoisotopic (exact) mass is 292 g/mol. The predicted molar refractivity (Wildman–Crippen MR) is 67.3 cm³/mol. The number of hydrogen-bond acceptors (Lipinski definition) is 6. The highest BCUT2D eigenvalue weighted by atomic mass is 19.1. The zero-order chi connectivity index (χ0) is 15.0. The van der Waals surface area contributed by atoms with Crippen LogP contribution in [0.4, 0.5) is 16.1 Å². The molecular weight excluding hydrogens is 283 g/mol. The molecule has 108 valence electrons. The highest BCUT2D eigenvalue weighted by molar-refractivity contribution is 6.03. The second-order valence-corrected chi connectivity index (χ2v) is 4.60. The molecule has 0 unspecified atom stereocenters. The lowest BCUT2D eigenvalue weighted by Crippen LogP contribution is -2.14. The minimum atomic E-state index is -0.887. The average molecular weight is 292 g/mol. The van der Waals surface area contributed by atoms with Gasteiger partial charge in [0, 0.05) is 18.1 Å². The molecule has 21 heavy (non-hydrogen) atoms. The number of amides is 1. The smallest absolute Gasteiger partial charge is 0.322 e. The van der Waals surface area contributed by atoms with E-state index >= 15 is 0 Å². The van der Waals surface area contributed by atoms with Crippen molar-refractivity contribution >= 4 is 17.6 Å². The predicted octanol–water partition coefficient (Wildman–Crippen LogP) is 2.25. The van der Waals surface area contributed by atoms with Gasteiger partial charge in [-0.05, 0) is 18.9 Å². The van der Waals surface area contributed by atoms with Gasteiger partial charge in [0.15, 0.2) is 0 Å². The van der Waals surface area contributed by atoms with Crippen LogP contribution < -0.4 is 5.32 Å². The van der Waals surface area contributed by atoms with Crippen LogP contribution in [0.1, 0.15) is 35.0 Å². The summed E-state index contributed by atoms with van der Waals surface area (Å²) in [6, 6.07) is 2.52. The summed E-state index contributed by atoms with van der Waals surface area (Å²) in [4.78, 5) is 21.8. The van der Waals surface area contributed by atoms with E-state index in [4.69, 9.17) is 4.42 Å². The van der Waals surface area contributed by atoms with E-state index in [9.17, 15) is 19.3 Å². The first-order valence-corrected chi connectivity index (χ1v) is 6.13. The first kappa shape index (κ1) is 13.2. The van der Waals surface area contributed by atoms with Gasteiger partial charge in [0.25, 0.3) is 11.6 Å². The van der Waals surface area contributed by atoms with Crippen molar-refractivity contribution in [1.29, 1.82) is 0 Å². The molecule has 0 spiro atoms. The van der Waals surface area contributed by atoms with Gasteiger partial charge >= 0.3 is 6.01 Å². The molecule has 9 heteroatoms. The molecule has 0 bridgehead atoms. The molecule has 1 N–H and O–H groups in total. The van der Waals surface area contributed by atoms with Crippen LogP contribution in [0.15, 0.2) is 22.6 Å². The van der Waals surface area contributed by atoms with Crippen LogP contribution >= 0.6 is 0 Å². The molecule has 1 aromatic heterocycles. The van der Waals surface area contributed by atoms with Crippen LogP contribution in [-0.4, -0.2) is 21.0 Å². The van der Waals surface area contributed by atoms with Crippen molar-refractivity contribution in [3.05, 3.63) is 45.6 Å². The Kier molecular flexibility index (Phi) is 3.09. The lowest BCUT2D eigenvalue weighted by Gasteiger charge is -2.02. The Morgan fingerprint density at radius 2 is 2.19 bits per heavy atom. The summed E-state index contributed by atoms with van der Waals surface area (Å²) in [7, 11) is 0. The van der Waals surface area contributed by atoms with E-state index in [1.807, 2.05) is 0 Å². The van der Waals surface area contributed by atoms with Gasteiger partial charge in [-0.15, -0.1) is 5.10 Å². The number of hydrogen-bond donors (Lipinski definition) is 1. The van der Waals surface area contributed by atoms with Gasteiger partial charge in [-0.3, -0.25) is 20.2 Å². The van der Waals surface area contributed by atoms with Crippen molar-refractivity contribution < 1.29 is 18.5 Å². The highest BCUT2D eigenvalue weighted by Gasteiger charge is 2.29. The molecule has 1 aliphatic rings. The molecule has 1 heterocycles. The van der Waals surface area contributed by atoms with Gasteiger partial charge < -0.3 is 4.42 Å². The number of nitro groups is 1. The van der Waals surface area contributed by atoms with Crippen molar-refractivity contribution in [1.82, 2.24) is 10.2 Å². The second-order valence-electron chi connectivity index (χ2n) is 4.60. The van der Waals surface area contributed by atoms with E-state index in [-0.39, 0.29) is 17.6 Å². The lowest BCUT2D eigenvalue weighted by atomic mass is 10.2. The summed E-state index contributed by atoms with van der Waals surface area (Å²) in [5.41, 5.74) is -0.846. The van der Waals surface area contributed by atoms with Gasteiger partial charge in [0.05, 0.1) is 10.5 Å². The van der Waals surface area contributed by atoms with E-state index in [1.165, 1.54) is 0 Å². The summed E-state index contributed by atoms with van der Waals surface area (Å²) in [5, 5.41) is 20.3. The number of nitrogens with one attached hydrogen (secondary N) is 1. The average Bonchev–Trinajstić information content (AvgIpc) is 3.20. The fraction of sp³-hybridized carbons (Fsp3) is 0.250. The first-order valence-electron chi connectivity index (χ1n) is 6.13. The molecule has 1 saturated carbocycles. The maximum Gasteiger partial charge on any atom is 0.322 e. The number of non-ortho nitro benzene ring substituents is 1. The van der Waals surface area contributed by atoms with Gasteiger partial charge in [-0.25, -0.2) is 4.39 Å². The third-order valence-electron chi connectivity index (χ3n) is 2.99. The summed E-state index contributed by atoms with van der Waals surface area (Å²) < 4.78 is 18.8. The van der Waals surface area contributed by atoms with E-state index < -0.39 is 22.2 Å². The highest BCUT2D eigenvalue weighted by Crippen LogP contribution is 2.39. The topological polar surface area (TPSA) is 111 Å². The number of rotatable bonds is 4. The molecule has 1 amide bonds. The van der Waals surface area contributed by atoms with E-state index in [0.29, 0.717) is 5.89 Å². The number of nitrogens with zero attached hydrogens (tertiary/aromatic N) is 3. The third-order valence-corrected chi connectivity index (χ3v) is 2.99. The summed E-state index contributed by atoms with van der Waals surface area (Å²) in [5.74, 6) is -1.12. The SMILES string of the molecule is O=C(Nc1nnc(C2CC2)o1)c1cc([N+](=O)[O-])ccc1F. The Labute approximate surface area is 117 Å².